The fourth-order valence-electron chi connectivity index (χ4n) is 7.16. The van der Waals surface area contributed by atoms with Crippen molar-refractivity contribution in [1.29, 1.82) is 0 Å². The second-order valence-corrected chi connectivity index (χ2v) is 13.3. The standard InChI is InChI=1S/C34H48O9/c1-6-29(35)39-18-24-15-28-32(37)41-27-16-26(43-33(17-27)13-12-22(4)23(5)42-33)11-10-21(3)14-20(2)8-7-9-25-19-40-31(30(24)36)34(25,28)38/h7-10,15,20,22-23,26-28,30-31,36,38H,6,11-14,16-19H2,1-5H3/b8-7+,21-10+,25-9-/t20-,22-,23+,26+,27-,28-,30+,31+,33-,34+/m0/s1. The Balaban J connectivity index is 1.52. The summed E-state index contributed by atoms with van der Waals surface area (Å²) in [6, 6.07) is 0. The zero-order valence-electron chi connectivity index (χ0n) is 26.1. The molecule has 2 bridgehead atoms. The van der Waals surface area contributed by atoms with Crippen LogP contribution in [0.1, 0.15) is 79.6 Å². The van der Waals surface area contributed by atoms with Gasteiger partial charge in [0.1, 0.15) is 36.4 Å². The monoisotopic (exact) mass is 600 g/mol. The topological polar surface area (TPSA) is 121 Å². The highest BCUT2D eigenvalue weighted by Gasteiger charge is 2.60. The molecule has 0 amide bonds. The van der Waals surface area contributed by atoms with Crippen LogP contribution >= 0.6 is 0 Å². The second kappa shape index (κ2) is 13.0. The molecule has 10 atom stereocenters. The van der Waals surface area contributed by atoms with E-state index in [0.29, 0.717) is 42.7 Å². The third-order valence-corrected chi connectivity index (χ3v) is 9.85. The summed E-state index contributed by atoms with van der Waals surface area (Å²) < 4.78 is 30.6. The van der Waals surface area contributed by atoms with Crippen molar-refractivity contribution >= 4 is 11.9 Å². The van der Waals surface area contributed by atoms with Crippen LogP contribution in [0.3, 0.4) is 0 Å². The summed E-state index contributed by atoms with van der Waals surface area (Å²) in [5, 5.41) is 23.4. The number of aliphatic hydroxyl groups excluding tert-OH is 1. The average Bonchev–Trinajstić information content (AvgIpc) is 3.30. The van der Waals surface area contributed by atoms with Gasteiger partial charge >= 0.3 is 11.9 Å². The molecule has 2 N–H and O–H groups in total. The van der Waals surface area contributed by atoms with Crippen LogP contribution in [0.15, 0.2) is 47.1 Å². The van der Waals surface area contributed by atoms with Crippen molar-refractivity contribution < 1.29 is 43.5 Å². The molecule has 9 nitrogen and oxygen atoms in total. The van der Waals surface area contributed by atoms with E-state index < -0.39 is 47.6 Å². The van der Waals surface area contributed by atoms with Crippen LogP contribution in [0.4, 0.5) is 0 Å². The summed E-state index contributed by atoms with van der Waals surface area (Å²) in [6.07, 6.45) is 10.7. The van der Waals surface area contributed by atoms with Gasteiger partial charge in [-0.1, -0.05) is 56.7 Å². The number of carbonyl (C=O) groups is 2. The number of hydrogen-bond donors (Lipinski definition) is 2. The average molecular weight is 601 g/mol. The SMILES string of the molecule is CCC(=O)OCC1=C[C@H]2C(=O)O[C@H]3C[C@@H](C/C=C(\C)C[C@@H](C)/C=C/C=C4/CO[C@H]([C@@H]1O)[C@@]42O)O[C@@]1(CC[C@H](C)[C@@H](C)O1)C3. The van der Waals surface area contributed by atoms with Crippen molar-refractivity contribution in [1.82, 2.24) is 0 Å². The van der Waals surface area contributed by atoms with Gasteiger partial charge in [-0.3, -0.25) is 9.59 Å². The van der Waals surface area contributed by atoms with E-state index in [-0.39, 0.29) is 37.8 Å². The maximum atomic E-state index is 14.1. The molecule has 0 saturated carbocycles. The number of ether oxygens (including phenoxy) is 5. The Bertz CT molecular complexity index is 1190. The molecule has 43 heavy (non-hydrogen) atoms. The lowest BCUT2D eigenvalue weighted by atomic mass is 9.70. The molecule has 3 fully saturated rings. The number of rotatable bonds is 3. The third-order valence-electron chi connectivity index (χ3n) is 9.85. The minimum atomic E-state index is -1.83. The Morgan fingerprint density at radius 2 is 1.98 bits per heavy atom. The summed E-state index contributed by atoms with van der Waals surface area (Å²) in [5.41, 5.74) is 0.212. The number of carbonyl (C=O) groups excluding carboxylic acids is 2. The number of aliphatic hydroxyl groups is 2. The highest BCUT2D eigenvalue weighted by Crippen LogP contribution is 2.47. The van der Waals surface area contributed by atoms with E-state index in [9.17, 15) is 19.8 Å². The molecule has 0 aromatic rings. The fourth-order valence-corrected chi connectivity index (χ4v) is 7.16. The van der Waals surface area contributed by atoms with Gasteiger partial charge in [0, 0.05) is 25.7 Å². The zero-order chi connectivity index (χ0) is 30.9. The number of hydrogen-bond acceptors (Lipinski definition) is 9. The van der Waals surface area contributed by atoms with Gasteiger partial charge in [0.2, 0.25) is 0 Å². The normalized spacial score (nSPS) is 45.1. The molecule has 0 radical (unpaired) electrons. The maximum Gasteiger partial charge on any atom is 0.316 e. The molecule has 5 aliphatic rings. The van der Waals surface area contributed by atoms with Crippen LogP contribution in [0, 0.1) is 17.8 Å². The fraction of sp³-hybridized carbons (Fsp3) is 0.706. The highest BCUT2D eigenvalue weighted by molar-refractivity contribution is 5.79. The molecule has 0 aromatic carbocycles. The molecular formula is C34H48O9. The van der Waals surface area contributed by atoms with E-state index in [0.717, 1.165) is 12.8 Å². The van der Waals surface area contributed by atoms with Crippen molar-refractivity contribution in [2.75, 3.05) is 13.2 Å². The van der Waals surface area contributed by atoms with E-state index >= 15 is 0 Å². The van der Waals surface area contributed by atoms with Gasteiger partial charge in [-0.25, -0.2) is 0 Å². The second-order valence-electron chi connectivity index (χ2n) is 13.3. The van der Waals surface area contributed by atoms with Crippen LogP contribution in [0.2, 0.25) is 0 Å². The Hall–Kier alpha value is -2.30. The molecular weight excluding hydrogens is 552 g/mol. The van der Waals surface area contributed by atoms with E-state index in [1.807, 2.05) is 6.08 Å². The van der Waals surface area contributed by atoms with Gasteiger partial charge in [-0.05, 0) is 56.1 Å². The van der Waals surface area contributed by atoms with E-state index in [1.54, 1.807) is 13.0 Å². The molecule has 4 heterocycles. The molecule has 9 heteroatoms. The Morgan fingerprint density at radius 1 is 1.19 bits per heavy atom. The first-order chi connectivity index (χ1) is 20.4. The lowest BCUT2D eigenvalue weighted by molar-refractivity contribution is -0.332. The number of fused-ring (bicyclic) bond motifs is 2. The number of esters is 2. The molecule has 4 aliphatic heterocycles. The van der Waals surface area contributed by atoms with Gasteiger partial charge in [0.15, 0.2) is 5.79 Å². The predicted octanol–water partition coefficient (Wildman–Crippen LogP) is 4.47. The number of allylic oxidation sites excluding steroid dienone is 4. The summed E-state index contributed by atoms with van der Waals surface area (Å²) in [7, 11) is 0. The Kier molecular flexibility index (Phi) is 9.69. The lowest BCUT2D eigenvalue weighted by Crippen LogP contribution is -2.58. The molecule has 3 saturated heterocycles. The first kappa shape index (κ1) is 32.1. The smallest absolute Gasteiger partial charge is 0.316 e. The first-order valence-electron chi connectivity index (χ1n) is 15.9. The minimum absolute atomic E-state index is 0.00702. The van der Waals surface area contributed by atoms with Crippen molar-refractivity contribution in [3.05, 3.63) is 47.1 Å². The predicted molar refractivity (Wildman–Crippen MR) is 159 cm³/mol. The quantitative estimate of drug-likeness (QED) is 0.357. The molecule has 0 unspecified atom stereocenters. The lowest BCUT2D eigenvalue weighted by Gasteiger charge is -2.49. The van der Waals surface area contributed by atoms with Crippen molar-refractivity contribution in [3.8, 4) is 0 Å². The summed E-state index contributed by atoms with van der Waals surface area (Å²) >= 11 is 0. The van der Waals surface area contributed by atoms with E-state index in [4.69, 9.17) is 23.7 Å². The zero-order valence-corrected chi connectivity index (χ0v) is 26.1. The van der Waals surface area contributed by atoms with Crippen molar-refractivity contribution in [3.63, 3.8) is 0 Å². The third kappa shape index (κ3) is 6.71. The van der Waals surface area contributed by atoms with Crippen LogP contribution in [-0.2, 0) is 33.3 Å². The minimum Gasteiger partial charge on any atom is -0.462 e. The largest absolute Gasteiger partial charge is 0.462 e. The molecule has 0 aromatic heterocycles. The molecule has 238 valence electrons. The van der Waals surface area contributed by atoms with E-state index in [1.165, 1.54) is 11.6 Å². The summed E-state index contributed by atoms with van der Waals surface area (Å²) in [4.78, 5) is 26.0. The van der Waals surface area contributed by atoms with Gasteiger partial charge in [-0.2, -0.15) is 0 Å². The highest BCUT2D eigenvalue weighted by atomic mass is 16.7. The Morgan fingerprint density at radius 3 is 2.72 bits per heavy atom. The Labute approximate surface area is 254 Å². The molecule has 1 spiro atoms. The maximum absolute atomic E-state index is 14.1. The van der Waals surface area contributed by atoms with Gasteiger partial charge in [0.05, 0.1) is 18.8 Å². The van der Waals surface area contributed by atoms with Crippen LogP contribution in [-0.4, -0.2) is 77.3 Å². The van der Waals surface area contributed by atoms with Gasteiger partial charge in [0.25, 0.3) is 0 Å². The molecule has 5 rings (SSSR count). The first-order valence-corrected chi connectivity index (χ1v) is 15.9. The van der Waals surface area contributed by atoms with Crippen LogP contribution < -0.4 is 0 Å². The summed E-state index contributed by atoms with van der Waals surface area (Å²) in [6.45, 7) is 10.0. The van der Waals surface area contributed by atoms with Crippen LogP contribution in [0.25, 0.3) is 0 Å². The van der Waals surface area contributed by atoms with Crippen molar-refractivity contribution in [2.24, 2.45) is 17.8 Å². The van der Waals surface area contributed by atoms with Gasteiger partial charge in [-0.15, -0.1) is 0 Å². The van der Waals surface area contributed by atoms with Crippen LogP contribution in [0.5, 0.6) is 0 Å². The van der Waals surface area contributed by atoms with Crippen molar-refractivity contribution in [2.45, 2.75) is 121 Å². The van der Waals surface area contributed by atoms with Gasteiger partial charge < -0.3 is 33.9 Å². The molecule has 1 aliphatic carbocycles. The summed E-state index contributed by atoms with van der Waals surface area (Å²) in [5.74, 6) is -2.43. The van der Waals surface area contributed by atoms with E-state index in [2.05, 4.69) is 39.8 Å².